The number of carbonyl (C=O) groups is 1. The summed E-state index contributed by atoms with van der Waals surface area (Å²) in [5, 5.41) is 6.60. The van der Waals surface area contributed by atoms with Crippen molar-refractivity contribution in [3.63, 3.8) is 0 Å². The Balaban J connectivity index is 1.73. The van der Waals surface area contributed by atoms with Crippen LogP contribution in [0.25, 0.3) is 0 Å². The molecule has 3 atom stereocenters. The molecular weight excluding hydrogens is 284 g/mol. The minimum Gasteiger partial charge on any atom is -0.378 e. The third-order valence-corrected chi connectivity index (χ3v) is 4.84. The first kappa shape index (κ1) is 14.1. The van der Waals surface area contributed by atoms with Gasteiger partial charge in [-0.05, 0) is 41.7 Å². The highest BCUT2D eigenvalue weighted by atomic mass is 16.1. The predicted molar refractivity (Wildman–Crippen MR) is 93.5 cm³/mol. The van der Waals surface area contributed by atoms with Gasteiger partial charge in [0.15, 0.2) is 0 Å². The van der Waals surface area contributed by atoms with Gasteiger partial charge in [0.2, 0.25) is 5.91 Å². The number of hydrogen-bond donors (Lipinski definition) is 2. The number of fused-ring (bicyclic) bond motifs is 3. The minimum absolute atomic E-state index is 0.0330. The van der Waals surface area contributed by atoms with Crippen LogP contribution >= 0.6 is 0 Å². The van der Waals surface area contributed by atoms with Gasteiger partial charge in [-0.25, -0.2) is 0 Å². The van der Waals surface area contributed by atoms with E-state index >= 15 is 0 Å². The van der Waals surface area contributed by atoms with Gasteiger partial charge in [-0.15, -0.1) is 0 Å². The van der Waals surface area contributed by atoms with E-state index in [9.17, 15) is 4.79 Å². The molecule has 0 bridgehead atoms. The summed E-state index contributed by atoms with van der Waals surface area (Å²) in [6.45, 7) is 1.54. The first-order valence-corrected chi connectivity index (χ1v) is 8.12. The van der Waals surface area contributed by atoms with Crippen molar-refractivity contribution in [3.05, 3.63) is 71.8 Å². The molecule has 1 aliphatic carbocycles. The summed E-state index contributed by atoms with van der Waals surface area (Å²) >= 11 is 0. The van der Waals surface area contributed by atoms with Crippen molar-refractivity contribution in [1.82, 2.24) is 0 Å². The van der Waals surface area contributed by atoms with Crippen molar-refractivity contribution in [3.8, 4) is 0 Å². The first-order valence-electron chi connectivity index (χ1n) is 8.12. The summed E-state index contributed by atoms with van der Waals surface area (Å²) in [6, 6.07) is 17.1. The van der Waals surface area contributed by atoms with Crippen molar-refractivity contribution in [2.75, 3.05) is 10.6 Å². The number of benzene rings is 2. The molecule has 0 saturated carbocycles. The fraction of sp³-hybridized carbons (Fsp3) is 0.250. The van der Waals surface area contributed by atoms with E-state index in [2.05, 4.69) is 65.3 Å². The standard InChI is InChI=1S/C20H20N2O/c1-13(23)21-15-10-11-19-18(12-15)16-8-5-9-17(16)20(22-19)14-6-3-2-4-7-14/h2-8,10-12,16-17,20,22H,9H2,1H3,(H,21,23). The van der Waals surface area contributed by atoms with Gasteiger partial charge in [0.05, 0.1) is 6.04 Å². The molecule has 1 heterocycles. The highest BCUT2D eigenvalue weighted by molar-refractivity contribution is 5.89. The Bertz CT molecular complexity index is 766. The number of allylic oxidation sites excluding steroid dienone is 2. The molecule has 2 aliphatic rings. The van der Waals surface area contributed by atoms with Crippen LogP contribution in [-0.2, 0) is 4.79 Å². The van der Waals surface area contributed by atoms with Gasteiger partial charge < -0.3 is 10.6 Å². The average molecular weight is 304 g/mol. The lowest BCUT2D eigenvalue weighted by molar-refractivity contribution is -0.114. The summed E-state index contributed by atoms with van der Waals surface area (Å²) in [7, 11) is 0. The quantitative estimate of drug-likeness (QED) is 0.804. The van der Waals surface area contributed by atoms with E-state index in [4.69, 9.17) is 0 Å². The molecule has 3 heteroatoms. The SMILES string of the molecule is CC(=O)Nc1ccc2c(c1)C1C=CCC1C(c1ccccc1)N2. The van der Waals surface area contributed by atoms with Gasteiger partial charge in [0.25, 0.3) is 0 Å². The summed E-state index contributed by atoms with van der Waals surface area (Å²) in [4.78, 5) is 11.3. The average Bonchev–Trinajstić information content (AvgIpc) is 3.04. The normalized spacial score (nSPS) is 24.5. The van der Waals surface area contributed by atoms with Crippen molar-refractivity contribution in [2.24, 2.45) is 5.92 Å². The van der Waals surface area contributed by atoms with E-state index in [1.54, 1.807) is 6.92 Å². The van der Waals surface area contributed by atoms with Crippen molar-refractivity contribution in [2.45, 2.75) is 25.3 Å². The topological polar surface area (TPSA) is 41.1 Å². The minimum atomic E-state index is -0.0330. The molecule has 0 spiro atoms. The summed E-state index contributed by atoms with van der Waals surface area (Å²) in [5.41, 5.74) is 4.65. The van der Waals surface area contributed by atoms with E-state index in [1.807, 2.05) is 6.07 Å². The van der Waals surface area contributed by atoms with E-state index in [1.165, 1.54) is 16.8 Å². The van der Waals surface area contributed by atoms with Crippen molar-refractivity contribution >= 4 is 17.3 Å². The van der Waals surface area contributed by atoms with Crippen LogP contribution < -0.4 is 10.6 Å². The second kappa shape index (κ2) is 5.58. The molecule has 1 amide bonds. The Labute approximate surface area is 136 Å². The van der Waals surface area contributed by atoms with Crippen molar-refractivity contribution < 1.29 is 4.79 Å². The fourth-order valence-corrected chi connectivity index (χ4v) is 3.87. The van der Waals surface area contributed by atoms with Crippen LogP contribution in [0.4, 0.5) is 11.4 Å². The molecule has 23 heavy (non-hydrogen) atoms. The van der Waals surface area contributed by atoms with Crippen LogP contribution in [-0.4, -0.2) is 5.91 Å². The number of hydrogen-bond acceptors (Lipinski definition) is 2. The van der Waals surface area contributed by atoms with Gasteiger partial charge in [0.1, 0.15) is 0 Å². The van der Waals surface area contributed by atoms with Crippen LogP contribution in [0.1, 0.15) is 36.4 Å². The molecule has 2 N–H and O–H groups in total. The number of anilines is 2. The molecule has 0 saturated heterocycles. The largest absolute Gasteiger partial charge is 0.378 e. The zero-order valence-electron chi connectivity index (χ0n) is 13.1. The molecule has 0 radical (unpaired) electrons. The number of rotatable bonds is 2. The van der Waals surface area contributed by atoms with E-state index in [0.717, 1.165) is 12.1 Å². The summed E-state index contributed by atoms with van der Waals surface area (Å²) in [6.07, 6.45) is 5.69. The Kier molecular flexibility index (Phi) is 3.41. The van der Waals surface area contributed by atoms with Gasteiger partial charge in [0, 0.05) is 24.2 Å². The molecule has 116 valence electrons. The molecule has 3 unspecified atom stereocenters. The van der Waals surface area contributed by atoms with Gasteiger partial charge in [-0.3, -0.25) is 4.79 Å². The molecule has 2 aromatic carbocycles. The zero-order chi connectivity index (χ0) is 15.8. The maximum atomic E-state index is 11.3. The number of nitrogens with one attached hydrogen (secondary N) is 2. The fourth-order valence-electron chi connectivity index (χ4n) is 3.87. The monoisotopic (exact) mass is 304 g/mol. The van der Waals surface area contributed by atoms with Crippen LogP contribution in [0.5, 0.6) is 0 Å². The highest BCUT2D eigenvalue weighted by Gasteiger charge is 2.37. The zero-order valence-corrected chi connectivity index (χ0v) is 13.1. The lowest BCUT2D eigenvalue weighted by Gasteiger charge is -2.37. The highest BCUT2D eigenvalue weighted by Crippen LogP contribution is 2.50. The van der Waals surface area contributed by atoms with Crippen LogP contribution in [0.3, 0.4) is 0 Å². The van der Waals surface area contributed by atoms with Gasteiger partial charge in [-0.1, -0.05) is 42.5 Å². The molecular formula is C20H20N2O. The number of amides is 1. The Morgan fingerprint density at radius 2 is 2.00 bits per heavy atom. The Morgan fingerprint density at radius 1 is 1.17 bits per heavy atom. The van der Waals surface area contributed by atoms with Crippen LogP contribution in [0, 0.1) is 5.92 Å². The molecule has 4 rings (SSSR count). The predicted octanol–water partition coefficient (Wildman–Crippen LogP) is 4.47. The third-order valence-electron chi connectivity index (χ3n) is 4.84. The Morgan fingerprint density at radius 3 is 2.78 bits per heavy atom. The molecule has 2 aromatic rings. The third kappa shape index (κ3) is 2.52. The van der Waals surface area contributed by atoms with Crippen molar-refractivity contribution in [1.29, 1.82) is 0 Å². The first-order chi connectivity index (χ1) is 11.2. The molecule has 0 fully saturated rings. The molecule has 0 aromatic heterocycles. The van der Waals surface area contributed by atoms with Crippen LogP contribution in [0.15, 0.2) is 60.7 Å². The van der Waals surface area contributed by atoms with Crippen LogP contribution in [0.2, 0.25) is 0 Å². The van der Waals surface area contributed by atoms with E-state index < -0.39 is 0 Å². The number of carbonyl (C=O) groups excluding carboxylic acids is 1. The van der Waals surface area contributed by atoms with Gasteiger partial charge >= 0.3 is 0 Å². The lowest BCUT2D eigenvalue weighted by atomic mass is 9.77. The summed E-state index contributed by atoms with van der Waals surface area (Å²) in [5.74, 6) is 0.900. The lowest BCUT2D eigenvalue weighted by Crippen LogP contribution is -2.29. The van der Waals surface area contributed by atoms with E-state index in [-0.39, 0.29) is 5.91 Å². The molecule has 3 nitrogen and oxygen atoms in total. The van der Waals surface area contributed by atoms with E-state index in [0.29, 0.717) is 17.9 Å². The summed E-state index contributed by atoms with van der Waals surface area (Å²) < 4.78 is 0. The second-order valence-corrected chi connectivity index (χ2v) is 6.37. The van der Waals surface area contributed by atoms with Gasteiger partial charge in [-0.2, -0.15) is 0 Å². The second-order valence-electron chi connectivity index (χ2n) is 6.37. The smallest absolute Gasteiger partial charge is 0.221 e. The maximum Gasteiger partial charge on any atom is 0.221 e. The molecule has 1 aliphatic heterocycles. The maximum absolute atomic E-state index is 11.3. The Hall–Kier alpha value is -2.55.